The SMILES string of the molecule is CCOc1cc(/C=N/Nc2cccc([N+](=O)[O-])c2)cc(Cl)c1O. The van der Waals surface area contributed by atoms with Crippen LogP contribution in [0.3, 0.4) is 0 Å². The van der Waals surface area contributed by atoms with Gasteiger partial charge in [0, 0.05) is 12.1 Å². The molecule has 0 radical (unpaired) electrons. The van der Waals surface area contributed by atoms with E-state index < -0.39 is 4.92 Å². The van der Waals surface area contributed by atoms with E-state index in [2.05, 4.69) is 10.5 Å². The summed E-state index contributed by atoms with van der Waals surface area (Å²) >= 11 is 5.92. The molecule has 0 heterocycles. The number of nitrogens with one attached hydrogen (secondary N) is 1. The molecule has 0 aromatic heterocycles. The van der Waals surface area contributed by atoms with Crippen LogP contribution in [0.4, 0.5) is 11.4 Å². The van der Waals surface area contributed by atoms with E-state index in [9.17, 15) is 15.2 Å². The highest BCUT2D eigenvalue weighted by Gasteiger charge is 2.09. The molecule has 0 unspecified atom stereocenters. The van der Waals surface area contributed by atoms with Crippen molar-refractivity contribution in [3.8, 4) is 11.5 Å². The number of ether oxygens (including phenoxy) is 1. The van der Waals surface area contributed by atoms with Crippen molar-refractivity contribution in [3.05, 3.63) is 57.1 Å². The van der Waals surface area contributed by atoms with Gasteiger partial charge in [-0.3, -0.25) is 15.5 Å². The molecule has 0 aliphatic carbocycles. The molecule has 0 fully saturated rings. The van der Waals surface area contributed by atoms with E-state index in [-0.39, 0.29) is 22.2 Å². The summed E-state index contributed by atoms with van der Waals surface area (Å²) in [7, 11) is 0. The number of aromatic hydroxyl groups is 1. The summed E-state index contributed by atoms with van der Waals surface area (Å²) in [6, 6.07) is 9.08. The Bertz CT molecular complexity index is 749. The standard InChI is InChI=1S/C15H14ClN3O4/c1-2-23-14-7-10(6-13(16)15(14)20)9-17-18-11-4-3-5-12(8-11)19(21)22/h3-9,18,20H,2H2,1H3/b17-9+. The molecule has 2 aromatic rings. The van der Waals surface area contributed by atoms with Gasteiger partial charge in [0.1, 0.15) is 0 Å². The molecular formula is C15H14ClN3O4. The Balaban J connectivity index is 2.14. The maximum Gasteiger partial charge on any atom is 0.271 e. The van der Waals surface area contributed by atoms with Crippen LogP contribution in [-0.4, -0.2) is 22.9 Å². The Hall–Kier alpha value is -2.80. The zero-order valence-electron chi connectivity index (χ0n) is 12.2. The van der Waals surface area contributed by atoms with Gasteiger partial charge < -0.3 is 9.84 Å². The summed E-state index contributed by atoms with van der Waals surface area (Å²) in [4.78, 5) is 10.2. The number of nitrogens with zero attached hydrogens (tertiary/aromatic N) is 2. The fraction of sp³-hybridized carbons (Fsp3) is 0.133. The van der Waals surface area contributed by atoms with E-state index in [1.165, 1.54) is 24.4 Å². The molecular weight excluding hydrogens is 322 g/mol. The summed E-state index contributed by atoms with van der Waals surface area (Å²) in [5, 5.41) is 24.6. The number of phenolic OH excluding ortho intramolecular Hbond substituents is 1. The molecule has 0 aliphatic heterocycles. The van der Waals surface area contributed by atoms with Crippen molar-refractivity contribution in [3.63, 3.8) is 0 Å². The Kier molecular flexibility index (Phi) is 5.37. The van der Waals surface area contributed by atoms with Gasteiger partial charge in [-0.2, -0.15) is 5.10 Å². The third-order valence-corrected chi connectivity index (χ3v) is 3.10. The molecule has 120 valence electrons. The average Bonchev–Trinajstić information content (AvgIpc) is 2.52. The first-order valence-corrected chi connectivity index (χ1v) is 7.08. The fourth-order valence-corrected chi connectivity index (χ4v) is 2.02. The average molecular weight is 336 g/mol. The molecule has 0 spiro atoms. The molecule has 0 aliphatic rings. The second kappa shape index (κ2) is 7.46. The van der Waals surface area contributed by atoms with Crippen LogP contribution in [0, 0.1) is 10.1 Å². The second-order valence-electron chi connectivity index (χ2n) is 4.46. The van der Waals surface area contributed by atoms with E-state index in [1.807, 2.05) is 0 Å². The van der Waals surface area contributed by atoms with Gasteiger partial charge in [-0.1, -0.05) is 17.7 Å². The lowest BCUT2D eigenvalue weighted by Crippen LogP contribution is -1.95. The summed E-state index contributed by atoms with van der Waals surface area (Å²) < 4.78 is 5.27. The number of hydrogen-bond acceptors (Lipinski definition) is 6. The van der Waals surface area contributed by atoms with Crippen LogP contribution < -0.4 is 10.2 Å². The van der Waals surface area contributed by atoms with Crippen LogP contribution in [0.15, 0.2) is 41.5 Å². The number of rotatable bonds is 6. The molecule has 0 amide bonds. The highest BCUT2D eigenvalue weighted by molar-refractivity contribution is 6.32. The zero-order valence-corrected chi connectivity index (χ0v) is 12.9. The van der Waals surface area contributed by atoms with Gasteiger partial charge >= 0.3 is 0 Å². The minimum Gasteiger partial charge on any atom is -0.503 e. The van der Waals surface area contributed by atoms with E-state index in [0.29, 0.717) is 17.9 Å². The first-order valence-electron chi connectivity index (χ1n) is 6.70. The molecule has 8 heteroatoms. The number of nitro benzene ring substituents is 1. The van der Waals surface area contributed by atoms with E-state index in [4.69, 9.17) is 16.3 Å². The van der Waals surface area contributed by atoms with Crippen molar-refractivity contribution in [1.82, 2.24) is 0 Å². The van der Waals surface area contributed by atoms with E-state index >= 15 is 0 Å². The monoisotopic (exact) mass is 335 g/mol. The van der Waals surface area contributed by atoms with Gasteiger partial charge in [-0.15, -0.1) is 0 Å². The van der Waals surface area contributed by atoms with Crippen molar-refractivity contribution in [2.75, 3.05) is 12.0 Å². The number of halogens is 1. The van der Waals surface area contributed by atoms with E-state index in [1.54, 1.807) is 25.1 Å². The van der Waals surface area contributed by atoms with Crippen LogP contribution in [0.5, 0.6) is 11.5 Å². The normalized spacial score (nSPS) is 10.7. The summed E-state index contributed by atoms with van der Waals surface area (Å²) in [5.41, 5.74) is 3.74. The Labute approximate surface area is 137 Å². The van der Waals surface area contributed by atoms with Crippen molar-refractivity contribution >= 4 is 29.2 Å². The Morgan fingerprint density at radius 1 is 1.43 bits per heavy atom. The lowest BCUT2D eigenvalue weighted by Gasteiger charge is -2.08. The number of benzene rings is 2. The highest BCUT2D eigenvalue weighted by atomic mass is 35.5. The Morgan fingerprint density at radius 3 is 2.91 bits per heavy atom. The predicted molar refractivity (Wildman–Crippen MR) is 88.6 cm³/mol. The van der Waals surface area contributed by atoms with Crippen LogP contribution in [0.25, 0.3) is 0 Å². The van der Waals surface area contributed by atoms with Crippen molar-refractivity contribution in [1.29, 1.82) is 0 Å². The van der Waals surface area contributed by atoms with Crippen LogP contribution in [0.1, 0.15) is 12.5 Å². The first kappa shape index (κ1) is 16.6. The molecule has 0 saturated heterocycles. The Morgan fingerprint density at radius 2 is 2.22 bits per heavy atom. The summed E-state index contributed by atoms with van der Waals surface area (Å²) in [5.74, 6) is 0.133. The van der Waals surface area contributed by atoms with Crippen molar-refractivity contribution < 1.29 is 14.8 Å². The highest BCUT2D eigenvalue weighted by Crippen LogP contribution is 2.34. The largest absolute Gasteiger partial charge is 0.503 e. The first-order chi connectivity index (χ1) is 11.0. The minimum atomic E-state index is -0.483. The van der Waals surface area contributed by atoms with Crippen LogP contribution in [0.2, 0.25) is 5.02 Å². The number of hydrazone groups is 1. The van der Waals surface area contributed by atoms with Gasteiger partial charge in [-0.25, -0.2) is 0 Å². The number of non-ortho nitro benzene ring substituents is 1. The van der Waals surface area contributed by atoms with E-state index in [0.717, 1.165) is 0 Å². The lowest BCUT2D eigenvalue weighted by molar-refractivity contribution is -0.384. The van der Waals surface area contributed by atoms with Crippen LogP contribution >= 0.6 is 11.6 Å². The van der Waals surface area contributed by atoms with Crippen LogP contribution in [-0.2, 0) is 0 Å². The summed E-state index contributed by atoms with van der Waals surface area (Å²) in [6.45, 7) is 2.17. The molecule has 2 aromatic carbocycles. The molecule has 0 bridgehead atoms. The molecule has 7 nitrogen and oxygen atoms in total. The second-order valence-corrected chi connectivity index (χ2v) is 4.87. The zero-order chi connectivity index (χ0) is 16.8. The van der Waals surface area contributed by atoms with Gasteiger partial charge in [-0.05, 0) is 30.7 Å². The van der Waals surface area contributed by atoms with Gasteiger partial charge in [0.25, 0.3) is 5.69 Å². The number of hydrogen-bond donors (Lipinski definition) is 2. The number of anilines is 1. The third kappa shape index (κ3) is 4.33. The maximum atomic E-state index is 10.7. The number of phenols is 1. The molecule has 0 atom stereocenters. The smallest absolute Gasteiger partial charge is 0.271 e. The third-order valence-electron chi connectivity index (χ3n) is 2.81. The lowest BCUT2D eigenvalue weighted by atomic mass is 10.2. The molecule has 2 N–H and O–H groups in total. The molecule has 0 saturated carbocycles. The topological polar surface area (TPSA) is 97.0 Å². The quantitative estimate of drug-likeness (QED) is 0.475. The number of nitro groups is 1. The van der Waals surface area contributed by atoms with Gasteiger partial charge in [0.2, 0.25) is 0 Å². The van der Waals surface area contributed by atoms with Crippen molar-refractivity contribution in [2.24, 2.45) is 5.10 Å². The predicted octanol–water partition coefficient (Wildman–Crippen LogP) is 3.80. The van der Waals surface area contributed by atoms with Gasteiger partial charge in [0.05, 0.1) is 28.5 Å². The summed E-state index contributed by atoms with van der Waals surface area (Å²) in [6.07, 6.45) is 1.46. The van der Waals surface area contributed by atoms with Gasteiger partial charge in [0.15, 0.2) is 11.5 Å². The molecule has 23 heavy (non-hydrogen) atoms. The fourth-order valence-electron chi connectivity index (χ4n) is 1.80. The minimum absolute atomic E-state index is 0.0310. The maximum absolute atomic E-state index is 10.7. The van der Waals surface area contributed by atoms with Crippen molar-refractivity contribution in [2.45, 2.75) is 6.92 Å². The molecule has 2 rings (SSSR count).